The van der Waals surface area contributed by atoms with Gasteiger partial charge in [0.05, 0.1) is 18.2 Å². The Balaban J connectivity index is 1.89. The number of hydrogen-bond acceptors (Lipinski definition) is 5. The molecule has 1 aliphatic rings. The first kappa shape index (κ1) is 22.3. The SMILES string of the molecule is CCCOc1cccc(/C(O)=C2\C(=O)C(=O)N(c3cc(C)cc(C)c3)C2c2ccncc2)c1. The summed E-state index contributed by atoms with van der Waals surface area (Å²) in [6.45, 7) is 6.43. The Morgan fingerprint density at radius 3 is 2.39 bits per heavy atom. The van der Waals surface area contributed by atoms with Crippen LogP contribution >= 0.6 is 0 Å². The van der Waals surface area contributed by atoms with Crippen LogP contribution in [0.15, 0.2) is 72.6 Å². The molecule has 6 nitrogen and oxygen atoms in total. The van der Waals surface area contributed by atoms with Crippen molar-refractivity contribution in [1.82, 2.24) is 4.98 Å². The zero-order valence-corrected chi connectivity index (χ0v) is 18.9. The highest BCUT2D eigenvalue weighted by Gasteiger charge is 2.47. The van der Waals surface area contributed by atoms with Crippen molar-refractivity contribution in [1.29, 1.82) is 0 Å². The predicted molar refractivity (Wildman–Crippen MR) is 127 cm³/mol. The maximum absolute atomic E-state index is 13.3. The molecule has 1 saturated heterocycles. The highest BCUT2D eigenvalue weighted by molar-refractivity contribution is 6.51. The maximum Gasteiger partial charge on any atom is 0.300 e. The molecule has 6 heteroatoms. The van der Waals surface area contributed by atoms with E-state index in [-0.39, 0.29) is 11.3 Å². The Kier molecular flexibility index (Phi) is 6.27. The van der Waals surface area contributed by atoms with Crippen molar-refractivity contribution < 1.29 is 19.4 Å². The Hall–Kier alpha value is -3.93. The van der Waals surface area contributed by atoms with E-state index in [0.29, 0.717) is 29.2 Å². The molecule has 1 aliphatic heterocycles. The fourth-order valence-electron chi connectivity index (χ4n) is 4.16. The minimum Gasteiger partial charge on any atom is -0.507 e. The number of pyridine rings is 1. The topological polar surface area (TPSA) is 79.7 Å². The van der Waals surface area contributed by atoms with Crippen LogP contribution in [-0.4, -0.2) is 28.4 Å². The average Bonchev–Trinajstić information content (AvgIpc) is 3.08. The van der Waals surface area contributed by atoms with Crippen molar-refractivity contribution >= 4 is 23.1 Å². The number of amides is 1. The van der Waals surface area contributed by atoms with Gasteiger partial charge < -0.3 is 9.84 Å². The molecular formula is C27H26N2O4. The van der Waals surface area contributed by atoms with Gasteiger partial charge in [-0.15, -0.1) is 0 Å². The number of carbonyl (C=O) groups excluding carboxylic acids is 2. The van der Waals surface area contributed by atoms with E-state index < -0.39 is 17.7 Å². The van der Waals surface area contributed by atoms with Gasteiger partial charge in [0.15, 0.2) is 0 Å². The molecule has 0 saturated carbocycles. The second kappa shape index (κ2) is 9.28. The summed E-state index contributed by atoms with van der Waals surface area (Å²) in [7, 11) is 0. The van der Waals surface area contributed by atoms with Gasteiger partial charge in [0.25, 0.3) is 11.7 Å². The van der Waals surface area contributed by atoms with Crippen molar-refractivity contribution in [3.05, 3.63) is 94.8 Å². The number of ketones is 1. The third-order valence-electron chi connectivity index (χ3n) is 5.53. The van der Waals surface area contributed by atoms with E-state index in [9.17, 15) is 14.7 Å². The van der Waals surface area contributed by atoms with E-state index in [2.05, 4.69) is 4.98 Å². The Labute approximate surface area is 193 Å². The van der Waals surface area contributed by atoms with Crippen molar-refractivity contribution in [3.63, 3.8) is 0 Å². The largest absolute Gasteiger partial charge is 0.507 e. The van der Waals surface area contributed by atoms with Gasteiger partial charge in [0, 0.05) is 23.6 Å². The van der Waals surface area contributed by atoms with Gasteiger partial charge in [-0.2, -0.15) is 0 Å². The van der Waals surface area contributed by atoms with Gasteiger partial charge in [-0.3, -0.25) is 19.5 Å². The first-order valence-corrected chi connectivity index (χ1v) is 10.9. The smallest absolute Gasteiger partial charge is 0.300 e. The first-order chi connectivity index (χ1) is 15.9. The van der Waals surface area contributed by atoms with Crippen LogP contribution in [0.5, 0.6) is 5.75 Å². The zero-order chi connectivity index (χ0) is 23.5. The molecule has 0 radical (unpaired) electrons. The normalized spacial score (nSPS) is 17.4. The lowest BCUT2D eigenvalue weighted by molar-refractivity contribution is -0.132. The van der Waals surface area contributed by atoms with E-state index in [1.165, 1.54) is 4.90 Å². The summed E-state index contributed by atoms with van der Waals surface area (Å²) in [6, 6.07) is 15.4. The number of aryl methyl sites for hydroxylation is 2. The van der Waals surface area contributed by atoms with Crippen LogP contribution < -0.4 is 9.64 Å². The lowest BCUT2D eigenvalue weighted by Crippen LogP contribution is -2.29. The van der Waals surface area contributed by atoms with Crippen LogP contribution in [0.4, 0.5) is 5.69 Å². The molecule has 4 rings (SSSR count). The fourth-order valence-corrected chi connectivity index (χ4v) is 4.16. The molecule has 0 spiro atoms. The lowest BCUT2D eigenvalue weighted by atomic mass is 9.95. The summed E-state index contributed by atoms with van der Waals surface area (Å²) in [5.74, 6) is -1.05. The summed E-state index contributed by atoms with van der Waals surface area (Å²) in [4.78, 5) is 32.0. The molecule has 1 unspecified atom stereocenters. The molecule has 3 aromatic rings. The van der Waals surface area contributed by atoms with Crippen molar-refractivity contribution in [2.24, 2.45) is 0 Å². The van der Waals surface area contributed by atoms with Gasteiger partial charge in [-0.05, 0) is 73.4 Å². The number of ether oxygens (including phenoxy) is 1. The third kappa shape index (κ3) is 4.37. The third-order valence-corrected chi connectivity index (χ3v) is 5.53. The summed E-state index contributed by atoms with van der Waals surface area (Å²) in [5, 5.41) is 11.3. The molecule has 1 amide bonds. The second-order valence-electron chi connectivity index (χ2n) is 8.17. The number of benzene rings is 2. The van der Waals surface area contributed by atoms with Crippen LogP contribution in [0.25, 0.3) is 5.76 Å². The second-order valence-corrected chi connectivity index (χ2v) is 8.17. The van der Waals surface area contributed by atoms with E-state index in [4.69, 9.17) is 4.74 Å². The van der Waals surface area contributed by atoms with Crippen molar-refractivity contribution in [2.45, 2.75) is 33.2 Å². The number of nitrogens with zero attached hydrogens (tertiary/aromatic N) is 2. The summed E-state index contributed by atoms with van der Waals surface area (Å²) >= 11 is 0. The number of aliphatic hydroxyl groups is 1. The van der Waals surface area contributed by atoms with E-state index in [1.54, 1.807) is 48.8 Å². The van der Waals surface area contributed by atoms with Crippen LogP contribution in [-0.2, 0) is 9.59 Å². The molecule has 168 valence electrons. The van der Waals surface area contributed by atoms with E-state index in [1.807, 2.05) is 39.0 Å². The molecule has 1 fully saturated rings. The number of Topliss-reactive ketones (excluding diaryl/α,β-unsaturated/α-hetero) is 1. The molecular weight excluding hydrogens is 416 g/mol. The molecule has 0 aliphatic carbocycles. The van der Waals surface area contributed by atoms with Gasteiger partial charge in [-0.25, -0.2) is 0 Å². The summed E-state index contributed by atoms with van der Waals surface area (Å²) in [5.41, 5.74) is 3.69. The van der Waals surface area contributed by atoms with E-state index in [0.717, 1.165) is 17.5 Å². The Morgan fingerprint density at radius 1 is 1.03 bits per heavy atom. The molecule has 2 heterocycles. The van der Waals surface area contributed by atoms with Crippen LogP contribution in [0, 0.1) is 13.8 Å². The van der Waals surface area contributed by atoms with Crippen molar-refractivity contribution in [3.8, 4) is 5.75 Å². The highest BCUT2D eigenvalue weighted by Crippen LogP contribution is 2.42. The number of carbonyl (C=O) groups is 2. The first-order valence-electron chi connectivity index (χ1n) is 10.9. The molecule has 1 atom stereocenters. The molecule has 0 bridgehead atoms. The quantitative estimate of drug-likeness (QED) is 0.326. The summed E-state index contributed by atoms with van der Waals surface area (Å²) in [6.07, 6.45) is 4.06. The minimum absolute atomic E-state index is 0.0398. The number of hydrogen-bond donors (Lipinski definition) is 1. The number of rotatable bonds is 6. The Morgan fingerprint density at radius 2 is 1.73 bits per heavy atom. The molecule has 1 aromatic heterocycles. The number of anilines is 1. The number of aromatic nitrogens is 1. The monoisotopic (exact) mass is 442 g/mol. The molecule has 2 aromatic carbocycles. The fraction of sp³-hybridized carbons (Fsp3) is 0.222. The summed E-state index contributed by atoms with van der Waals surface area (Å²) < 4.78 is 5.68. The van der Waals surface area contributed by atoms with Crippen LogP contribution in [0.1, 0.15) is 41.6 Å². The minimum atomic E-state index is -0.783. The van der Waals surface area contributed by atoms with Crippen LogP contribution in [0.2, 0.25) is 0 Å². The van der Waals surface area contributed by atoms with Crippen LogP contribution in [0.3, 0.4) is 0 Å². The standard InChI is InChI=1S/C27H26N2O4/c1-4-12-33-22-7-5-6-20(16-22)25(30)23-24(19-8-10-28-11-9-19)29(27(32)26(23)31)21-14-17(2)13-18(3)15-21/h5-11,13-16,24,30H,4,12H2,1-3H3/b25-23+. The molecule has 33 heavy (non-hydrogen) atoms. The van der Waals surface area contributed by atoms with E-state index >= 15 is 0 Å². The highest BCUT2D eigenvalue weighted by atomic mass is 16.5. The lowest BCUT2D eigenvalue weighted by Gasteiger charge is -2.26. The van der Waals surface area contributed by atoms with Gasteiger partial charge in [0.1, 0.15) is 11.5 Å². The zero-order valence-electron chi connectivity index (χ0n) is 18.9. The van der Waals surface area contributed by atoms with Gasteiger partial charge in [-0.1, -0.05) is 25.1 Å². The van der Waals surface area contributed by atoms with Gasteiger partial charge in [0.2, 0.25) is 0 Å². The van der Waals surface area contributed by atoms with Crippen molar-refractivity contribution in [2.75, 3.05) is 11.5 Å². The Bertz CT molecular complexity index is 1210. The predicted octanol–water partition coefficient (Wildman–Crippen LogP) is 5.11. The average molecular weight is 443 g/mol. The molecule has 1 N–H and O–H groups in total. The maximum atomic E-state index is 13.3. The van der Waals surface area contributed by atoms with Gasteiger partial charge >= 0.3 is 0 Å². The number of aliphatic hydroxyl groups excluding tert-OH is 1.